The minimum absolute atomic E-state index is 0.0324. The number of benzene rings is 1. The van der Waals surface area contributed by atoms with Crippen LogP contribution in [0, 0.1) is 0 Å². The zero-order chi connectivity index (χ0) is 15.7. The van der Waals surface area contributed by atoms with Crippen molar-refractivity contribution in [3.8, 4) is 0 Å². The summed E-state index contributed by atoms with van der Waals surface area (Å²) < 4.78 is 0. The number of anilines is 1. The van der Waals surface area contributed by atoms with E-state index in [9.17, 15) is 9.59 Å². The number of nitrogen functional groups attached to an aromatic ring is 1. The Balaban J connectivity index is 2.22. The van der Waals surface area contributed by atoms with Crippen molar-refractivity contribution >= 4 is 17.5 Å². The summed E-state index contributed by atoms with van der Waals surface area (Å²) in [6.45, 7) is 5.93. The maximum absolute atomic E-state index is 11.8. The Labute approximate surface area is 126 Å². The molecule has 3 N–H and O–H groups in total. The maximum atomic E-state index is 11.8. The van der Waals surface area contributed by atoms with E-state index in [1.54, 1.807) is 17.0 Å². The second-order valence-electron chi connectivity index (χ2n) is 4.94. The summed E-state index contributed by atoms with van der Waals surface area (Å²) in [4.78, 5) is 25.3. The minimum Gasteiger partial charge on any atom is -0.399 e. The molecule has 0 aliphatic heterocycles. The van der Waals surface area contributed by atoms with Crippen molar-refractivity contribution in [3.63, 3.8) is 0 Å². The van der Waals surface area contributed by atoms with Crippen molar-refractivity contribution in [1.82, 2.24) is 10.2 Å². The first-order valence-corrected chi connectivity index (χ1v) is 7.45. The van der Waals surface area contributed by atoms with Gasteiger partial charge >= 0.3 is 0 Å². The molecule has 1 aromatic carbocycles. The highest BCUT2D eigenvalue weighted by Crippen LogP contribution is 2.06. The summed E-state index contributed by atoms with van der Waals surface area (Å²) in [5.41, 5.74) is 7.22. The molecule has 0 aliphatic carbocycles. The molecule has 0 unspecified atom stereocenters. The van der Waals surface area contributed by atoms with Gasteiger partial charge in [0.25, 0.3) is 0 Å². The SMILES string of the molecule is CCN(CC)C(=O)CCCNC(=O)Cc1ccc(N)cc1. The van der Waals surface area contributed by atoms with Gasteiger partial charge in [0.2, 0.25) is 11.8 Å². The number of hydrogen-bond acceptors (Lipinski definition) is 3. The Morgan fingerprint density at radius 1 is 1.14 bits per heavy atom. The average Bonchev–Trinajstić information content (AvgIpc) is 2.47. The first-order chi connectivity index (χ1) is 10.1. The summed E-state index contributed by atoms with van der Waals surface area (Å²) in [5, 5.41) is 2.84. The van der Waals surface area contributed by atoms with E-state index in [1.807, 2.05) is 26.0 Å². The highest BCUT2D eigenvalue weighted by atomic mass is 16.2. The van der Waals surface area contributed by atoms with Crippen LogP contribution in [-0.2, 0) is 16.0 Å². The molecule has 0 atom stereocenters. The molecular formula is C16H25N3O2. The molecule has 1 rings (SSSR count). The van der Waals surface area contributed by atoms with E-state index in [0.29, 0.717) is 31.5 Å². The zero-order valence-corrected chi connectivity index (χ0v) is 12.9. The van der Waals surface area contributed by atoms with Crippen LogP contribution >= 0.6 is 0 Å². The van der Waals surface area contributed by atoms with Gasteiger partial charge in [-0.05, 0) is 38.0 Å². The highest BCUT2D eigenvalue weighted by Gasteiger charge is 2.09. The number of nitrogens with one attached hydrogen (secondary N) is 1. The van der Waals surface area contributed by atoms with Gasteiger partial charge < -0.3 is 16.0 Å². The van der Waals surface area contributed by atoms with Crippen molar-refractivity contribution < 1.29 is 9.59 Å². The summed E-state index contributed by atoms with van der Waals surface area (Å²) in [5.74, 6) is 0.114. The van der Waals surface area contributed by atoms with Crippen molar-refractivity contribution in [2.75, 3.05) is 25.4 Å². The molecule has 0 heterocycles. The summed E-state index contributed by atoms with van der Waals surface area (Å²) in [6, 6.07) is 7.26. The fraction of sp³-hybridized carbons (Fsp3) is 0.500. The van der Waals surface area contributed by atoms with Gasteiger partial charge in [0.05, 0.1) is 6.42 Å². The Morgan fingerprint density at radius 2 is 1.76 bits per heavy atom. The molecule has 0 aromatic heterocycles. The summed E-state index contributed by atoms with van der Waals surface area (Å²) in [6.07, 6.45) is 1.48. The number of rotatable bonds is 8. The molecule has 1 aromatic rings. The predicted molar refractivity (Wildman–Crippen MR) is 84.7 cm³/mol. The third-order valence-corrected chi connectivity index (χ3v) is 3.35. The quantitative estimate of drug-likeness (QED) is 0.564. The second kappa shape index (κ2) is 9.00. The Bertz CT molecular complexity index is 453. The van der Waals surface area contributed by atoms with Gasteiger partial charge in [-0.15, -0.1) is 0 Å². The molecule has 116 valence electrons. The number of nitrogens with zero attached hydrogens (tertiary/aromatic N) is 1. The smallest absolute Gasteiger partial charge is 0.224 e. The molecular weight excluding hydrogens is 266 g/mol. The van der Waals surface area contributed by atoms with E-state index in [-0.39, 0.29) is 11.8 Å². The van der Waals surface area contributed by atoms with E-state index in [4.69, 9.17) is 5.73 Å². The topological polar surface area (TPSA) is 75.4 Å². The van der Waals surface area contributed by atoms with Crippen LogP contribution in [0.4, 0.5) is 5.69 Å². The number of nitrogens with two attached hydrogens (primary N) is 1. The van der Waals surface area contributed by atoms with Crippen LogP contribution in [0.25, 0.3) is 0 Å². The van der Waals surface area contributed by atoms with Crippen LogP contribution in [0.1, 0.15) is 32.3 Å². The van der Waals surface area contributed by atoms with Gasteiger partial charge in [-0.3, -0.25) is 9.59 Å². The number of carbonyl (C=O) groups is 2. The van der Waals surface area contributed by atoms with Crippen LogP contribution < -0.4 is 11.1 Å². The van der Waals surface area contributed by atoms with E-state index in [2.05, 4.69) is 5.32 Å². The normalized spacial score (nSPS) is 10.2. The van der Waals surface area contributed by atoms with Gasteiger partial charge in [0, 0.05) is 31.7 Å². The van der Waals surface area contributed by atoms with Crippen LogP contribution in [0.3, 0.4) is 0 Å². The average molecular weight is 291 g/mol. The van der Waals surface area contributed by atoms with E-state index in [1.165, 1.54) is 0 Å². The number of hydrogen-bond donors (Lipinski definition) is 2. The lowest BCUT2D eigenvalue weighted by molar-refractivity contribution is -0.131. The molecule has 21 heavy (non-hydrogen) atoms. The van der Waals surface area contributed by atoms with Crippen molar-refractivity contribution in [2.45, 2.75) is 33.1 Å². The Kier molecular flexibility index (Phi) is 7.29. The third kappa shape index (κ3) is 6.29. The summed E-state index contributed by atoms with van der Waals surface area (Å²) in [7, 11) is 0. The van der Waals surface area contributed by atoms with Gasteiger partial charge in [0.1, 0.15) is 0 Å². The Morgan fingerprint density at radius 3 is 2.33 bits per heavy atom. The first kappa shape index (κ1) is 17.0. The summed E-state index contributed by atoms with van der Waals surface area (Å²) >= 11 is 0. The van der Waals surface area contributed by atoms with Gasteiger partial charge in [-0.25, -0.2) is 0 Å². The molecule has 2 amide bonds. The molecule has 5 nitrogen and oxygen atoms in total. The second-order valence-corrected chi connectivity index (χ2v) is 4.94. The molecule has 0 fully saturated rings. The van der Waals surface area contributed by atoms with Crippen LogP contribution in [0.15, 0.2) is 24.3 Å². The largest absolute Gasteiger partial charge is 0.399 e. The zero-order valence-electron chi connectivity index (χ0n) is 12.9. The number of amides is 2. The lowest BCUT2D eigenvalue weighted by Gasteiger charge is -2.18. The van der Waals surface area contributed by atoms with Gasteiger partial charge in [-0.2, -0.15) is 0 Å². The molecule has 5 heteroatoms. The molecule has 0 saturated heterocycles. The van der Waals surface area contributed by atoms with Crippen molar-refractivity contribution in [3.05, 3.63) is 29.8 Å². The molecule has 0 spiro atoms. The van der Waals surface area contributed by atoms with Crippen LogP contribution in [-0.4, -0.2) is 36.3 Å². The fourth-order valence-corrected chi connectivity index (χ4v) is 2.09. The molecule has 0 saturated carbocycles. The predicted octanol–water partition coefficient (Wildman–Crippen LogP) is 1.58. The van der Waals surface area contributed by atoms with Crippen molar-refractivity contribution in [1.29, 1.82) is 0 Å². The third-order valence-electron chi connectivity index (χ3n) is 3.35. The lowest BCUT2D eigenvalue weighted by atomic mass is 10.1. The fourth-order valence-electron chi connectivity index (χ4n) is 2.09. The van der Waals surface area contributed by atoms with E-state index in [0.717, 1.165) is 18.7 Å². The first-order valence-electron chi connectivity index (χ1n) is 7.45. The van der Waals surface area contributed by atoms with Gasteiger partial charge in [0.15, 0.2) is 0 Å². The van der Waals surface area contributed by atoms with Crippen LogP contribution in [0.5, 0.6) is 0 Å². The molecule has 0 bridgehead atoms. The lowest BCUT2D eigenvalue weighted by Crippen LogP contribution is -2.32. The van der Waals surface area contributed by atoms with Crippen LogP contribution in [0.2, 0.25) is 0 Å². The minimum atomic E-state index is -0.0324. The molecule has 0 aliphatic rings. The monoisotopic (exact) mass is 291 g/mol. The van der Waals surface area contributed by atoms with E-state index < -0.39 is 0 Å². The standard InChI is InChI=1S/C16H25N3O2/c1-3-19(4-2)16(21)6-5-11-18-15(20)12-13-7-9-14(17)10-8-13/h7-10H,3-6,11-12,17H2,1-2H3,(H,18,20). The van der Waals surface area contributed by atoms with E-state index >= 15 is 0 Å². The van der Waals surface area contributed by atoms with Crippen molar-refractivity contribution in [2.24, 2.45) is 0 Å². The Hall–Kier alpha value is -2.04. The maximum Gasteiger partial charge on any atom is 0.224 e. The molecule has 0 radical (unpaired) electrons. The highest BCUT2D eigenvalue weighted by molar-refractivity contribution is 5.79. The number of carbonyl (C=O) groups excluding carboxylic acids is 2. The van der Waals surface area contributed by atoms with Gasteiger partial charge in [-0.1, -0.05) is 12.1 Å².